The monoisotopic (exact) mass is 375 g/mol. The Kier molecular flexibility index (Phi) is 7.54. The normalized spacial score (nSPS) is 10.4. The minimum atomic E-state index is -0.398. The number of nitrogens with zero attached hydrogens (tertiary/aromatic N) is 3. The summed E-state index contributed by atoms with van der Waals surface area (Å²) in [5.74, 6) is 0. The molecule has 1 aromatic carbocycles. The van der Waals surface area contributed by atoms with Gasteiger partial charge in [0.2, 0.25) is 0 Å². The highest BCUT2D eigenvalue weighted by Crippen LogP contribution is 2.42. The van der Waals surface area contributed by atoms with E-state index in [1.807, 2.05) is 44.1 Å². The molecule has 0 aliphatic heterocycles. The first kappa shape index (κ1) is 19.1. The molecule has 5 nitrogen and oxygen atoms in total. The highest BCUT2D eigenvalue weighted by molar-refractivity contribution is 8.35. The van der Waals surface area contributed by atoms with Crippen molar-refractivity contribution in [2.24, 2.45) is 0 Å². The van der Waals surface area contributed by atoms with Crippen molar-refractivity contribution in [3.05, 3.63) is 39.9 Å². The molecule has 1 rings (SSSR count). The quantitative estimate of drug-likeness (QED) is 0.341. The van der Waals surface area contributed by atoms with Crippen molar-refractivity contribution in [2.75, 3.05) is 28.2 Å². The van der Waals surface area contributed by atoms with E-state index in [4.69, 9.17) is 24.4 Å². The summed E-state index contributed by atoms with van der Waals surface area (Å²) in [6, 6.07) is 6.58. The van der Waals surface area contributed by atoms with E-state index < -0.39 is 4.92 Å². The van der Waals surface area contributed by atoms with Crippen LogP contribution >= 0.6 is 48.0 Å². The van der Waals surface area contributed by atoms with E-state index in [-0.39, 0.29) is 10.3 Å². The molecule has 9 heteroatoms. The van der Waals surface area contributed by atoms with E-state index in [0.717, 1.165) is 5.56 Å². The summed E-state index contributed by atoms with van der Waals surface area (Å²) in [5.41, 5.74) is 0.882. The molecule has 22 heavy (non-hydrogen) atoms. The van der Waals surface area contributed by atoms with Gasteiger partial charge in [0, 0.05) is 40.3 Å². The molecule has 0 N–H and O–H groups in total. The summed E-state index contributed by atoms with van der Waals surface area (Å²) in [5, 5.41) is 11.0. The molecular weight excluding hydrogens is 358 g/mol. The number of hydrogen-bond donors (Lipinski definition) is 0. The van der Waals surface area contributed by atoms with Gasteiger partial charge in [-0.1, -0.05) is 60.1 Å². The molecule has 0 saturated carbocycles. The number of rotatable bonds is 4. The van der Waals surface area contributed by atoms with Gasteiger partial charge >= 0.3 is 0 Å². The number of nitro groups is 1. The van der Waals surface area contributed by atoms with E-state index in [1.165, 1.54) is 29.6 Å². The maximum absolute atomic E-state index is 11.0. The van der Waals surface area contributed by atoms with Crippen LogP contribution in [0.1, 0.15) is 10.1 Å². The lowest BCUT2D eigenvalue weighted by atomic mass is 10.2. The molecule has 0 aliphatic rings. The van der Waals surface area contributed by atoms with Crippen molar-refractivity contribution in [1.82, 2.24) is 9.80 Å². The first-order valence-corrected chi connectivity index (χ1v) is 8.80. The van der Waals surface area contributed by atoms with Crippen LogP contribution in [0.3, 0.4) is 0 Å². The summed E-state index contributed by atoms with van der Waals surface area (Å²) in [6.45, 7) is 0. The van der Waals surface area contributed by atoms with Crippen molar-refractivity contribution in [3.63, 3.8) is 0 Å². The molecular formula is C13H17N3O2S4. The van der Waals surface area contributed by atoms with Crippen molar-refractivity contribution in [1.29, 1.82) is 0 Å². The van der Waals surface area contributed by atoms with Crippen molar-refractivity contribution in [3.8, 4) is 0 Å². The third-order valence-electron chi connectivity index (χ3n) is 2.50. The average Bonchev–Trinajstić information content (AvgIpc) is 2.46. The molecule has 0 aliphatic carbocycles. The number of non-ortho nitro benzene ring substituents is 1. The second kappa shape index (κ2) is 8.66. The van der Waals surface area contributed by atoms with E-state index >= 15 is 0 Å². The molecule has 0 unspecified atom stereocenters. The lowest BCUT2D eigenvalue weighted by Crippen LogP contribution is -2.20. The van der Waals surface area contributed by atoms with Gasteiger partial charge in [-0.05, 0) is 5.56 Å². The first-order valence-electron chi connectivity index (χ1n) is 6.22. The van der Waals surface area contributed by atoms with Gasteiger partial charge in [-0.2, -0.15) is 0 Å². The summed E-state index contributed by atoms with van der Waals surface area (Å²) in [7, 11) is 7.48. The van der Waals surface area contributed by atoms with Gasteiger partial charge in [0.15, 0.2) is 0 Å². The zero-order chi connectivity index (χ0) is 16.9. The van der Waals surface area contributed by atoms with Gasteiger partial charge < -0.3 is 9.80 Å². The second-order valence-corrected chi connectivity index (χ2v) is 8.52. The van der Waals surface area contributed by atoms with Crippen LogP contribution in [0.15, 0.2) is 24.3 Å². The molecule has 0 atom stereocenters. The standard InChI is InChI=1S/C13H17N3O2S4/c1-14(2)12(19)21-11(22-13(20)15(3)4)9-6-5-7-10(8-9)16(17)18/h5-8,11H,1-4H3. The molecule has 0 amide bonds. The Morgan fingerprint density at radius 3 is 2.05 bits per heavy atom. The molecule has 120 valence electrons. The molecule has 0 radical (unpaired) electrons. The highest BCUT2D eigenvalue weighted by atomic mass is 32.2. The maximum atomic E-state index is 11.0. The van der Waals surface area contributed by atoms with Crippen LogP contribution in [0.5, 0.6) is 0 Å². The second-order valence-electron chi connectivity index (χ2n) is 4.74. The number of benzene rings is 1. The van der Waals surface area contributed by atoms with Gasteiger partial charge in [0.1, 0.15) is 8.64 Å². The van der Waals surface area contributed by atoms with Crippen LogP contribution in [0.2, 0.25) is 0 Å². The van der Waals surface area contributed by atoms with Gasteiger partial charge in [-0.15, -0.1) is 0 Å². The Bertz CT molecular complexity index is 556. The van der Waals surface area contributed by atoms with Crippen LogP contribution < -0.4 is 0 Å². The SMILES string of the molecule is CN(C)C(=S)SC(SC(=S)N(C)C)c1cccc([N+](=O)[O-])c1. The van der Waals surface area contributed by atoms with E-state index in [2.05, 4.69) is 0 Å². The molecule has 0 bridgehead atoms. The van der Waals surface area contributed by atoms with Gasteiger partial charge in [0.25, 0.3) is 5.69 Å². The number of thiocarbonyl (C=S) groups is 2. The Hall–Kier alpha value is -0.900. The zero-order valence-electron chi connectivity index (χ0n) is 12.7. The van der Waals surface area contributed by atoms with E-state index in [9.17, 15) is 10.1 Å². The molecule has 0 saturated heterocycles. The van der Waals surface area contributed by atoms with Crippen LogP contribution in [-0.2, 0) is 0 Å². The van der Waals surface area contributed by atoms with Crippen LogP contribution in [0, 0.1) is 10.1 Å². The van der Waals surface area contributed by atoms with Gasteiger partial charge in [0.05, 0.1) is 9.51 Å². The lowest BCUT2D eigenvalue weighted by Gasteiger charge is -2.22. The van der Waals surface area contributed by atoms with E-state index in [1.54, 1.807) is 12.1 Å². The molecule has 1 aromatic rings. The van der Waals surface area contributed by atoms with E-state index in [0.29, 0.717) is 8.64 Å². The fourth-order valence-electron chi connectivity index (χ4n) is 1.34. The summed E-state index contributed by atoms with van der Waals surface area (Å²) in [6.07, 6.45) is 0. The zero-order valence-corrected chi connectivity index (χ0v) is 15.9. The Morgan fingerprint density at radius 1 is 1.14 bits per heavy atom. The Morgan fingerprint density at radius 2 is 1.64 bits per heavy atom. The predicted molar refractivity (Wildman–Crippen MR) is 104 cm³/mol. The lowest BCUT2D eigenvalue weighted by molar-refractivity contribution is -0.384. The van der Waals surface area contributed by atoms with Crippen LogP contribution in [0.25, 0.3) is 0 Å². The third-order valence-corrected chi connectivity index (χ3v) is 6.49. The number of nitro benzene ring substituents is 1. The number of thioether (sulfide) groups is 2. The minimum absolute atomic E-state index is 0.0650. The van der Waals surface area contributed by atoms with Crippen LogP contribution in [0.4, 0.5) is 5.69 Å². The summed E-state index contributed by atoms with van der Waals surface area (Å²) in [4.78, 5) is 14.2. The first-order chi connectivity index (χ1) is 10.2. The van der Waals surface area contributed by atoms with Crippen molar-refractivity contribution >= 4 is 62.3 Å². The molecule has 0 heterocycles. The topological polar surface area (TPSA) is 49.6 Å². The maximum Gasteiger partial charge on any atom is 0.269 e. The fraction of sp³-hybridized carbons (Fsp3) is 0.385. The fourth-order valence-corrected chi connectivity index (χ4v) is 4.37. The van der Waals surface area contributed by atoms with Gasteiger partial charge in [-0.3, -0.25) is 10.1 Å². The Balaban J connectivity index is 3.07. The molecule has 0 spiro atoms. The smallest absolute Gasteiger partial charge is 0.269 e. The average molecular weight is 376 g/mol. The third kappa shape index (κ3) is 5.71. The summed E-state index contributed by atoms with van der Waals surface area (Å²) < 4.78 is 1.26. The predicted octanol–water partition coefficient (Wildman–Crippen LogP) is 3.75. The van der Waals surface area contributed by atoms with Crippen molar-refractivity contribution in [2.45, 2.75) is 4.58 Å². The number of hydrogen-bond acceptors (Lipinski definition) is 6. The summed E-state index contributed by atoms with van der Waals surface area (Å²) >= 11 is 13.6. The molecule has 0 fully saturated rings. The largest absolute Gasteiger partial charge is 0.364 e. The van der Waals surface area contributed by atoms with Gasteiger partial charge in [-0.25, -0.2) is 0 Å². The minimum Gasteiger partial charge on any atom is -0.364 e. The van der Waals surface area contributed by atoms with Crippen LogP contribution in [-0.4, -0.2) is 51.6 Å². The van der Waals surface area contributed by atoms with Crippen molar-refractivity contribution < 1.29 is 4.92 Å². The Labute approximate surface area is 149 Å². The molecule has 0 aromatic heterocycles. The highest BCUT2D eigenvalue weighted by Gasteiger charge is 2.21.